The molecule has 0 spiro atoms. The molecule has 16 heavy (non-hydrogen) atoms. The Hall–Kier alpha value is -0.860. The summed E-state index contributed by atoms with van der Waals surface area (Å²) in [5.41, 5.74) is 0.758. The third-order valence-corrected chi connectivity index (χ3v) is 3.59. The van der Waals surface area contributed by atoms with E-state index in [9.17, 15) is 4.79 Å². The van der Waals surface area contributed by atoms with Crippen molar-refractivity contribution in [1.29, 1.82) is 0 Å². The van der Waals surface area contributed by atoms with Crippen molar-refractivity contribution < 1.29 is 9.53 Å². The Morgan fingerprint density at radius 2 is 2.00 bits per heavy atom. The van der Waals surface area contributed by atoms with Gasteiger partial charge in [-0.05, 0) is 30.5 Å². The van der Waals surface area contributed by atoms with Gasteiger partial charge in [-0.1, -0.05) is 23.7 Å². The number of carbonyl (C=O) groups is 1. The molecule has 2 rings (SSSR count). The topological polar surface area (TPSA) is 26.3 Å². The van der Waals surface area contributed by atoms with Gasteiger partial charge in [-0.2, -0.15) is 0 Å². The molecule has 0 atom stereocenters. The molecule has 1 aromatic rings. The Bertz CT molecular complexity index is 391. The van der Waals surface area contributed by atoms with Crippen molar-refractivity contribution in [3.05, 3.63) is 34.9 Å². The highest BCUT2D eigenvalue weighted by atomic mass is 35.5. The molecule has 1 aliphatic rings. The van der Waals surface area contributed by atoms with Gasteiger partial charge in [-0.15, -0.1) is 0 Å². The van der Waals surface area contributed by atoms with Gasteiger partial charge in [0.05, 0.1) is 5.60 Å². The van der Waals surface area contributed by atoms with Crippen LogP contribution in [0.5, 0.6) is 0 Å². The number of benzene rings is 1. The lowest BCUT2D eigenvalue weighted by Crippen LogP contribution is -2.33. The standard InChI is InChI=1S/C13H15ClO2/c1-16-13(7-5-12(15)6-8-13)10-3-2-4-11(14)9-10/h2-4,9H,5-8H2,1H3. The first-order valence-electron chi connectivity index (χ1n) is 5.49. The average molecular weight is 239 g/mol. The smallest absolute Gasteiger partial charge is 0.133 e. The number of ether oxygens (including phenoxy) is 1. The zero-order valence-corrected chi connectivity index (χ0v) is 10.1. The van der Waals surface area contributed by atoms with Crippen LogP contribution in [0, 0.1) is 0 Å². The second kappa shape index (κ2) is 4.56. The first-order chi connectivity index (χ1) is 7.66. The highest BCUT2D eigenvalue weighted by molar-refractivity contribution is 6.30. The highest BCUT2D eigenvalue weighted by Gasteiger charge is 2.36. The van der Waals surface area contributed by atoms with E-state index in [1.165, 1.54) is 0 Å². The number of halogens is 1. The van der Waals surface area contributed by atoms with Gasteiger partial charge < -0.3 is 4.74 Å². The van der Waals surface area contributed by atoms with Crippen LogP contribution >= 0.6 is 11.6 Å². The van der Waals surface area contributed by atoms with Crippen LogP contribution in [-0.2, 0) is 15.1 Å². The van der Waals surface area contributed by atoms with E-state index in [2.05, 4.69) is 0 Å². The van der Waals surface area contributed by atoms with Gasteiger partial charge >= 0.3 is 0 Å². The summed E-state index contributed by atoms with van der Waals surface area (Å²) in [5.74, 6) is 0.328. The van der Waals surface area contributed by atoms with Crippen LogP contribution in [0.25, 0.3) is 0 Å². The maximum Gasteiger partial charge on any atom is 0.133 e. The predicted molar refractivity (Wildman–Crippen MR) is 63.6 cm³/mol. The van der Waals surface area contributed by atoms with Crippen molar-refractivity contribution >= 4 is 17.4 Å². The summed E-state index contributed by atoms with van der Waals surface area (Å²) in [6.45, 7) is 0. The molecule has 0 amide bonds. The molecule has 1 saturated carbocycles. The van der Waals surface area contributed by atoms with Crippen LogP contribution in [0.1, 0.15) is 31.2 Å². The number of Topliss-reactive ketones (excluding diaryl/α,β-unsaturated/α-hetero) is 1. The summed E-state index contributed by atoms with van der Waals surface area (Å²) >= 11 is 5.99. The molecule has 0 aromatic heterocycles. The summed E-state index contributed by atoms with van der Waals surface area (Å²) in [7, 11) is 1.71. The van der Waals surface area contributed by atoms with Gasteiger partial charge in [0.15, 0.2) is 0 Å². The summed E-state index contributed by atoms with van der Waals surface area (Å²) in [6.07, 6.45) is 2.70. The zero-order valence-electron chi connectivity index (χ0n) is 9.33. The largest absolute Gasteiger partial charge is 0.374 e. The monoisotopic (exact) mass is 238 g/mol. The third kappa shape index (κ3) is 2.13. The number of methoxy groups -OCH3 is 1. The fourth-order valence-electron chi connectivity index (χ4n) is 2.32. The van der Waals surface area contributed by atoms with Crippen LogP contribution in [-0.4, -0.2) is 12.9 Å². The van der Waals surface area contributed by atoms with Crippen molar-refractivity contribution in [2.45, 2.75) is 31.3 Å². The second-order valence-corrected chi connectivity index (χ2v) is 4.68. The molecule has 0 N–H and O–H groups in total. The molecular formula is C13H15ClO2. The van der Waals surface area contributed by atoms with Crippen LogP contribution < -0.4 is 0 Å². The highest BCUT2D eigenvalue weighted by Crippen LogP contribution is 2.39. The first kappa shape index (κ1) is 11.6. The van der Waals surface area contributed by atoms with Crippen molar-refractivity contribution in [3.8, 4) is 0 Å². The van der Waals surface area contributed by atoms with Crippen molar-refractivity contribution in [2.24, 2.45) is 0 Å². The molecule has 2 nitrogen and oxygen atoms in total. The second-order valence-electron chi connectivity index (χ2n) is 4.25. The van der Waals surface area contributed by atoms with Gasteiger partial charge in [-0.25, -0.2) is 0 Å². The van der Waals surface area contributed by atoms with Gasteiger partial charge in [0.1, 0.15) is 5.78 Å². The van der Waals surface area contributed by atoms with Gasteiger partial charge in [0.25, 0.3) is 0 Å². The summed E-state index contributed by atoms with van der Waals surface area (Å²) in [5, 5.41) is 0.714. The molecule has 0 heterocycles. The van der Waals surface area contributed by atoms with E-state index in [1.807, 2.05) is 24.3 Å². The SMILES string of the molecule is COC1(c2cccc(Cl)c2)CCC(=O)CC1. The number of hydrogen-bond acceptors (Lipinski definition) is 2. The predicted octanol–water partition coefficient (Wildman–Crippen LogP) is 3.32. The number of carbonyl (C=O) groups excluding carboxylic acids is 1. The normalized spacial score (nSPS) is 19.8. The fourth-order valence-corrected chi connectivity index (χ4v) is 2.51. The molecule has 86 valence electrons. The molecule has 1 aliphatic carbocycles. The summed E-state index contributed by atoms with van der Waals surface area (Å²) in [6, 6.07) is 7.73. The van der Waals surface area contributed by atoms with E-state index in [1.54, 1.807) is 7.11 Å². The first-order valence-corrected chi connectivity index (χ1v) is 5.87. The molecule has 0 aliphatic heterocycles. The zero-order chi connectivity index (χ0) is 11.6. The maximum absolute atomic E-state index is 11.3. The lowest BCUT2D eigenvalue weighted by molar-refractivity contribution is -0.127. The third-order valence-electron chi connectivity index (χ3n) is 3.36. The van der Waals surface area contributed by atoms with Crippen LogP contribution in [0.3, 0.4) is 0 Å². The van der Waals surface area contributed by atoms with E-state index in [0.717, 1.165) is 18.4 Å². The van der Waals surface area contributed by atoms with Crippen molar-refractivity contribution in [3.63, 3.8) is 0 Å². The Balaban J connectivity index is 2.31. The van der Waals surface area contributed by atoms with Gasteiger partial charge in [0.2, 0.25) is 0 Å². The maximum atomic E-state index is 11.3. The molecular weight excluding hydrogens is 224 g/mol. The fraction of sp³-hybridized carbons (Fsp3) is 0.462. The minimum absolute atomic E-state index is 0.321. The lowest BCUT2D eigenvalue weighted by Gasteiger charge is -2.36. The average Bonchev–Trinajstić information content (AvgIpc) is 2.31. The van der Waals surface area contributed by atoms with Crippen LogP contribution in [0.2, 0.25) is 5.02 Å². The van der Waals surface area contributed by atoms with Crippen molar-refractivity contribution in [1.82, 2.24) is 0 Å². The van der Waals surface area contributed by atoms with E-state index < -0.39 is 0 Å². The molecule has 0 bridgehead atoms. The molecule has 1 aromatic carbocycles. The minimum atomic E-state index is -0.321. The molecule has 1 fully saturated rings. The van der Waals surface area contributed by atoms with Crippen molar-refractivity contribution in [2.75, 3.05) is 7.11 Å². The van der Waals surface area contributed by atoms with Gasteiger partial charge in [0, 0.05) is 25.0 Å². The summed E-state index contributed by atoms with van der Waals surface area (Å²) < 4.78 is 5.66. The Morgan fingerprint density at radius 1 is 1.31 bits per heavy atom. The van der Waals surface area contributed by atoms with E-state index in [4.69, 9.17) is 16.3 Å². The van der Waals surface area contributed by atoms with Gasteiger partial charge in [-0.3, -0.25) is 4.79 Å². The Morgan fingerprint density at radius 3 is 2.56 bits per heavy atom. The molecule has 3 heteroatoms. The van der Waals surface area contributed by atoms with Crippen LogP contribution in [0.15, 0.2) is 24.3 Å². The number of ketones is 1. The number of hydrogen-bond donors (Lipinski definition) is 0. The van der Waals surface area contributed by atoms with E-state index in [-0.39, 0.29) is 5.60 Å². The molecule has 0 saturated heterocycles. The summed E-state index contributed by atoms with van der Waals surface area (Å²) in [4.78, 5) is 11.3. The quantitative estimate of drug-likeness (QED) is 0.790. The molecule has 0 radical (unpaired) electrons. The molecule has 0 unspecified atom stereocenters. The van der Waals surface area contributed by atoms with E-state index >= 15 is 0 Å². The number of rotatable bonds is 2. The van der Waals surface area contributed by atoms with Crippen LogP contribution in [0.4, 0.5) is 0 Å². The lowest BCUT2D eigenvalue weighted by atomic mass is 9.79. The minimum Gasteiger partial charge on any atom is -0.374 e. The van der Waals surface area contributed by atoms with E-state index in [0.29, 0.717) is 23.6 Å². The Labute approximate surface area is 101 Å². The Kier molecular flexibility index (Phi) is 3.31.